The second kappa shape index (κ2) is 10.6. The van der Waals surface area contributed by atoms with E-state index < -0.39 is 6.09 Å². The van der Waals surface area contributed by atoms with Crippen molar-refractivity contribution in [2.45, 2.75) is 31.8 Å². The van der Waals surface area contributed by atoms with E-state index in [0.29, 0.717) is 11.4 Å². The van der Waals surface area contributed by atoms with E-state index in [1.807, 2.05) is 42.5 Å². The number of ether oxygens (including phenoxy) is 1. The van der Waals surface area contributed by atoms with Crippen LogP contribution in [-0.2, 0) is 11.3 Å². The van der Waals surface area contributed by atoms with Crippen molar-refractivity contribution in [3.8, 4) is 5.75 Å². The van der Waals surface area contributed by atoms with Gasteiger partial charge in [-0.3, -0.25) is 19.6 Å². The molecule has 1 N–H and O–H groups in total. The molecule has 198 valence electrons. The van der Waals surface area contributed by atoms with Gasteiger partial charge in [0.05, 0.1) is 25.5 Å². The van der Waals surface area contributed by atoms with Crippen LogP contribution < -0.4 is 14.5 Å². The van der Waals surface area contributed by atoms with Gasteiger partial charge in [-0.2, -0.15) is 0 Å². The van der Waals surface area contributed by atoms with Gasteiger partial charge in [0, 0.05) is 61.8 Å². The average molecular weight is 518 g/mol. The van der Waals surface area contributed by atoms with Crippen molar-refractivity contribution in [1.82, 2.24) is 14.8 Å². The number of pyridine rings is 1. The van der Waals surface area contributed by atoms with Crippen molar-refractivity contribution in [3.63, 3.8) is 0 Å². The Bertz CT molecular complexity index is 1350. The van der Waals surface area contributed by atoms with Crippen molar-refractivity contribution >= 4 is 40.2 Å². The smallest absolute Gasteiger partial charge is 0.407 e. The number of rotatable bonds is 6. The number of aromatic nitrogens is 1. The summed E-state index contributed by atoms with van der Waals surface area (Å²) in [5.41, 5.74) is 2.51. The van der Waals surface area contributed by atoms with Gasteiger partial charge in [-0.1, -0.05) is 24.3 Å². The van der Waals surface area contributed by atoms with Gasteiger partial charge in [0.15, 0.2) is 0 Å². The van der Waals surface area contributed by atoms with Crippen LogP contribution in [0.5, 0.6) is 5.75 Å². The molecule has 2 fully saturated rings. The molecule has 0 aliphatic carbocycles. The molecule has 10 heteroatoms. The normalized spacial score (nSPS) is 16.7. The van der Waals surface area contributed by atoms with Crippen LogP contribution in [0, 0.1) is 0 Å². The molecule has 1 aromatic heterocycles. The van der Waals surface area contributed by atoms with E-state index in [1.54, 1.807) is 31.5 Å². The fraction of sp³-hybridized carbons (Fsp3) is 0.357. The van der Waals surface area contributed by atoms with Crippen molar-refractivity contribution < 1.29 is 24.2 Å². The second-order valence-electron chi connectivity index (χ2n) is 9.65. The highest BCUT2D eigenvalue weighted by atomic mass is 16.5. The number of urea groups is 1. The molecule has 0 unspecified atom stereocenters. The summed E-state index contributed by atoms with van der Waals surface area (Å²) in [7, 11) is 3.21. The van der Waals surface area contributed by atoms with Crippen LogP contribution in [0.25, 0.3) is 10.8 Å². The van der Waals surface area contributed by atoms with Gasteiger partial charge in [-0.15, -0.1) is 0 Å². The van der Waals surface area contributed by atoms with Crippen molar-refractivity contribution in [2.75, 3.05) is 43.6 Å². The summed E-state index contributed by atoms with van der Waals surface area (Å²) >= 11 is 0. The van der Waals surface area contributed by atoms with Crippen LogP contribution in [0.2, 0.25) is 0 Å². The van der Waals surface area contributed by atoms with E-state index in [9.17, 15) is 19.5 Å². The molecule has 38 heavy (non-hydrogen) atoms. The zero-order valence-electron chi connectivity index (χ0n) is 21.5. The molecule has 5 rings (SSSR count). The SMILES string of the molecule is COc1ccc(CN2C(=O)CCN(c3cncc4c(N5CCC(N(C)C(=O)O)CC5)cccc34)C2=O)cc1. The molecule has 2 saturated heterocycles. The first-order chi connectivity index (χ1) is 18.4. The molecule has 2 aliphatic rings. The number of fused-ring (bicyclic) bond motifs is 1. The molecule has 0 saturated carbocycles. The van der Waals surface area contributed by atoms with Crippen molar-refractivity contribution in [1.29, 1.82) is 0 Å². The highest BCUT2D eigenvalue weighted by Crippen LogP contribution is 2.35. The number of carbonyl (C=O) groups is 3. The van der Waals surface area contributed by atoms with E-state index >= 15 is 0 Å². The third-order valence-corrected chi connectivity index (χ3v) is 7.52. The van der Waals surface area contributed by atoms with E-state index in [2.05, 4.69) is 9.88 Å². The summed E-state index contributed by atoms with van der Waals surface area (Å²) in [5.74, 6) is 0.507. The summed E-state index contributed by atoms with van der Waals surface area (Å²) in [5, 5.41) is 11.1. The molecule has 0 spiro atoms. The largest absolute Gasteiger partial charge is 0.497 e. The predicted octanol–water partition coefficient (Wildman–Crippen LogP) is 4.18. The van der Waals surface area contributed by atoms with Gasteiger partial charge in [-0.05, 0) is 36.6 Å². The number of hydrogen-bond donors (Lipinski definition) is 1. The number of amides is 4. The number of benzene rings is 2. The molecule has 3 aromatic rings. The molecule has 2 aromatic carbocycles. The minimum atomic E-state index is -0.909. The van der Waals surface area contributed by atoms with Crippen LogP contribution in [0.15, 0.2) is 54.9 Å². The molecule has 0 radical (unpaired) electrons. The molecule has 4 amide bonds. The number of nitrogens with zero attached hydrogens (tertiary/aromatic N) is 5. The second-order valence-corrected chi connectivity index (χ2v) is 9.65. The van der Waals surface area contributed by atoms with Gasteiger partial charge >= 0.3 is 12.1 Å². The average Bonchev–Trinajstić information content (AvgIpc) is 2.95. The third kappa shape index (κ3) is 4.81. The maximum absolute atomic E-state index is 13.6. The summed E-state index contributed by atoms with van der Waals surface area (Å²) in [6.45, 7) is 1.91. The van der Waals surface area contributed by atoms with Crippen molar-refractivity contribution in [2.24, 2.45) is 0 Å². The topological polar surface area (TPSA) is 107 Å². The molecular weight excluding hydrogens is 486 g/mol. The van der Waals surface area contributed by atoms with E-state index in [1.165, 1.54) is 9.80 Å². The van der Waals surface area contributed by atoms with Crippen LogP contribution in [0.4, 0.5) is 21.0 Å². The highest BCUT2D eigenvalue weighted by Gasteiger charge is 2.34. The Morgan fingerprint density at radius 3 is 2.45 bits per heavy atom. The van der Waals surface area contributed by atoms with Gasteiger partial charge in [-0.25, -0.2) is 9.59 Å². The highest BCUT2D eigenvalue weighted by molar-refractivity contribution is 6.11. The Balaban J connectivity index is 1.39. The Kier molecular flexibility index (Phi) is 7.04. The minimum Gasteiger partial charge on any atom is -0.497 e. The summed E-state index contributed by atoms with van der Waals surface area (Å²) in [6, 6.07) is 12.9. The summed E-state index contributed by atoms with van der Waals surface area (Å²) < 4.78 is 5.20. The molecular formula is C28H31N5O5. The number of carbonyl (C=O) groups excluding carboxylic acids is 2. The number of methoxy groups -OCH3 is 1. The third-order valence-electron chi connectivity index (χ3n) is 7.52. The maximum atomic E-state index is 13.6. The molecule has 10 nitrogen and oxygen atoms in total. The lowest BCUT2D eigenvalue weighted by Crippen LogP contribution is -2.52. The van der Waals surface area contributed by atoms with Crippen LogP contribution in [0.1, 0.15) is 24.8 Å². The van der Waals surface area contributed by atoms with Gasteiger partial charge in [0.1, 0.15) is 5.75 Å². The number of piperidine rings is 1. The Morgan fingerprint density at radius 2 is 1.76 bits per heavy atom. The lowest BCUT2D eigenvalue weighted by atomic mass is 10.0. The lowest BCUT2D eigenvalue weighted by molar-refractivity contribution is -0.129. The minimum absolute atomic E-state index is 0.00685. The summed E-state index contributed by atoms with van der Waals surface area (Å²) in [4.78, 5) is 48.7. The Labute approximate surface area is 221 Å². The molecule has 3 heterocycles. The monoisotopic (exact) mass is 517 g/mol. The van der Waals surface area contributed by atoms with Gasteiger partial charge < -0.3 is 19.6 Å². The van der Waals surface area contributed by atoms with E-state index in [0.717, 1.165) is 48.0 Å². The van der Waals surface area contributed by atoms with Crippen molar-refractivity contribution in [3.05, 3.63) is 60.4 Å². The zero-order chi connectivity index (χ0) is 26.8. The molecule has 2 aliphatic heterocycles. The van der Waals surface area contributed by atoms with E-state index in [-0.39, 0.29) is 37.5 Å². The first-order valence-electron chi connectivity index (χ1n) is 12.7. The standard InChI is InChI=1S/C28H31N5O5/c1-30(28(36)37)20-10-13-31(14-11-20)24-5-3-4-22-23(24)16-29-17-25(22)32-15-12-26(34)33(27(32)35)18-19-6-8-21(38-2)9-7-19/h3-9,16-17,20H,10-15,18H2,1-2H3,(H,36,37). The fourth-order valence-electron chi connectivity index (χ4n) is 5.29. The number of imide groups is 1. The summed E-state index contributed by atoms with van der Waals surface area (Å²) in [6.07, 6.45) is 4.27. The fourth-order valence-corrected chi connectivity index (χ4v) is 5.29. The quantitative estimate of drug-likeness (QED) is 0.523. The van der Waals surface area contributed by atoms with E-state index in [4.69, 9.17) is 4.74 Å². The first-order valence-corrected chi connectivity index (χ1v) is 12.7. The predicted molar refractivity (Wildman–Crippen MR) is 144 cm³/mol. The van der Waals surface area contributed by atoms with Crippen LogP contribution >= 0.6 is 0 Å². The number of anilines is 2. The zero-order valence-corrected chi connectivity index (χ0v) is 21.5. The lowest BCUT2D eigenvalue weighted by Gasteiger charge is -2.37. The molecule has 0 atom stereocenters. The molecule has 0 bridgehead atoms. The number of carboxylic acid groups (broad SMARTS) is 1. The Morgan fingerprint density at radius 1 is 1.03 bits per heavy atom. The first kappa shape index (κ1) is 25.3. The number of hydrogen-bond acceptors (Lipinski definition) is 6. The van der Waals surface area contributed by atoms with Crippen LogP contribution in [0.3, 0.4) is 0 Å². The Hall–Kier alpha value is -4.34. The van der Waals surface area contributed by atoms with Gasteiger partial charge in [0.25, 0.3) is 0 Å². The maximum Gasteiger partial charge on any atom is 0.407 e. The van der Waals surface area contributed by atoms with Gasteiger partial charge in [0.2, 0.25) is 5.91 Å². The van der Waals surface area contributed by atoms with Crippen LogP contribution in [-0.4, -0.2) is 77.8 Å².